The maximum Gasteiger partial charge on any atom is 0.407 e. The summed E-state index contributed by atoms with van der Waals surface area (Å²) in [6.45, 7) is 5.30. The number of rotatable bonds is 10. The third kappa shape index (κ3) is 5.26. The standard InChI is InChI=1S/C33H46N4O9/c1-8-9-10-11-12-46-30(44)35-15-17-13-19(36(4)5)18-14-31(2)16-32(3)26(37(6)7)25(40)21(29(34)43)27(41)33(32,45)28(42)22(31)24(39)20(18)23(17)38/h13,21-22,26,38,45H,8-12,14-16H2,1-7H3,(H2,34,43)(H,35,44)/t21?,22?,26-,31+,32+,33-/m1/s1. The average molecular weight is 643 g/mol. The lowest BCUT2D eigenvalue weighted by atomic mass is 9.42. The highest BCUT2D eigenvalue weighted by Crippen LogP contribution is 2.62. The minimum absolute atomic E-state index is 0.0898. The van der Waals surface area contributed by atoms with Crippen molar-refractivity contribution >= 4 is 40.8 Å². The molecule has 46 heavy (non-hydrogen) atoms. The van der Waals surface area contributed by atoms with Crippen molar-refractivity contribution in [3.05, 3.63) is 22.8 Å². The van der Waals surface area contributed by atoms with Crippen LogP contribution in [0.25, 0.3) is 0 Å². The number of carbonyl (C=O) groups excluding carboxylic acids is 6. The maximum atomic E-state index is 14.5. The first-order valence-corrected chi connectivity index (χ1v) is 15.7. The van der Waals surface area contributed by atoms with E-state index in [0.29, 0.717) is 11.3 Å². The predicted molar refractivity (Wildman–Crippen MR) is 167 cm³/mol. The number of carbonyl (C=O) groups is 6. The zero-order chi connectivity index (χ0) is 34.5. The summed E-state index contributed by atoms with van der Waals surface area (Å²) in [6, 6.07) is 0.413. The van der Waals surface area contributed by atoms with E-state index in [9.17, 15) is 39.0 Å². The average Bonchev–Trinajstić information content (AvgIpc) is 2.93. The van der Waals surface area contributed by atoms with Gasteiger partial charge in [0.05, 0.1) is 24.1 Å². The van der Waals surface area contributed by atoms with Crippen molar-refractivity contribution in [1.29, 1.82) is 0 Å². The van der Waals surface area contributed by atoms with E-state index < -0.39 is 75.2 Å². The minimum atomic E-state index is -2.88. The molecule has 0 aromatic heterocycles. The normalized spacial score (nSPS) is 30.4. The van der Waals surface area contributed by atoms with Crippen LogP contribution in [0.3, 0.4) is 0 Å². The highest BCUT2D eigenvalue weighted by atomic mass is 16.5. The Labute approximate surface area is 268 Å². The molecule has 2 amide bonds. The smallest absolute Gasteiger partial charge is 0.407 e. The number of Topliss-reactive ketones (excluding diaryl/α,β-unsaturated/α-hetero) is 4. The lowest BCUT2D eigenvalue weighted by Gasteiger charge is -2.61. The van der Waals surface area contributed by atoms with Crippen LogP contribution in [0.5, 0.6) is 5.75 Å². The molecule has 0 saturated heterocycles. The van der Waals surface area contributed by atoms with Crippen LogP contribution in [0.15, 0.2) is 6.07 Å². The van der Waals surface area contributed by atoms with Crippen molar-refractivity contribution in [3.63, 3.8) is 0 Å². The number of likely N-dealkylation sites (N-methyl/N-ethyl adjacent to an activating group) is 1. The number of nitrogens with two attached hydrogens (primary N) is 1. The Balaban J connectivity index is 1.78. The van der Waals surface area contributed by atoms with Gasteiger partial charge in [0.15, 0.2) is 34.7 Å². The van der Waals surface area contributed by atoms with Crippen LogP contribution in [0.4, 0.5) is 10.5 Å². The number of phenols is 1. The van der Waals surface area contributed by atoms with Crippen LogP contribution in [0.2, 0.25) is 0 Å². The van der Waals surface area contributed by atoms with Gasteiger partial charge >= 0.3 is 6.09 Å². The fourth-order valence-corrected chi connectivity index (χ4v) is 8.27. The SMILES string of the molecule is CCCCCCOC(=O)NCc1cc(N(C)C)c2c(c1O)C(=O)C1C(=O)[C@]3(O)C(=O)C(C(N)=O)C(=O)[C@@H](N(C)C)[C@]3(C)C[C@]1(C)C2. The number of amides is 2. The van der Waals surface area contributed by atoms with Gasteiger partial charge < -0.3 is 30.9 Å². The van der Waals surface area contributed by atoms with E-state index in [0.717, 1.165) is 25.7 Å². The van der Waals surface area contributed by atoms with Crippen LogP contribution < -0.4 is 16.0 Å². The van der Waals surface area contributed by atoms with E-state index in [-0.39, 0.29) is 37.1 Å². The van der Waals surface area contributed by atoms with Gasteiger partial charge in [0.25, 0.3) is 0 Å². The Morgan fingerprint density at radius 2 is 1.72 bits per heavy atom. The zero-order valence-corrected chi connectivity index (χ0v) is 27.7. The molecule has 1 aromatic carbocycles. The molecule has 6 atom stereocenters. The number of aliphatic hydroxyl groups is 1. The molecule has 2 unspecified atom stereocenters. The molecule has 13 heteroatoms. The molecule has 3 aliphatic rings. The monoisotopic (exact) mass is 642 g/mol. The Morgan fingerprint density at radius 1 is 1.07 bits per heavy atom. The van der Waals surface area contributed by atoms with Gasteiger partial charge in [0, 0.05) is 37.3 Å². The number of nitrogens with zero attached hydrogens (tertiary/aromatic N) is 2. The molecular weight excluding hydrogens is 596 g/mol. The number of nitrogens with one attached hydrogen (secondary N) is 1. The number of phenolic OH excluding ortho intramolecular Hbond substituents is 1. The second-order valence-electron chi connectivity index (χ2n) is 14.0. The van der Waals surface area contributed by atoms with Crippen LogP contribution in [0, 0.1) is 22.7 Å². The second kappa shape index (κ2) is 12.4. The molecule has 2 saturated carbocycles. The van der Waals surface area contributed by atoms with Gasteiger partial charge in [-0.15, -0.1) is 0 Å². The number of fused-ring (bicyclic) bond motifs is 3. The van der Waals surface area contributed by atoms with E-state index in [4.69, 9.17) is 10.5 Å². The molecule has 1 aromatic rings. The van der Waals surface area contributed by atoms with Crippen LogP contribution >= 0.6 is 0 Å². The molecule has 0 heterocycles. The van der Waals surface area contributed by atoms with Crippen molar-refractivity contribution in [2.45, 2.75) is 77.5 Å². The molecular formula is C33H46N4O9. The van der Waals surface area contributed by atoms with Crippen molar-refractivity contribution in [2.24, 2.45) is 28.4 Å². The van der Waals surface area contributed by atoms with Crippen LogP contribution in [0.1, 0.15) is 74.4 Å². The number of benzene rings is 1. The van der Waals surface area contributed by atoms with Gasteiger partial charge in [-0.25, -0.2) is 4.79 Å². The Kier molecular flexibility index (Phi) is 9.44. The molecule has 0 bridgehead atoms. The fourth-order valence-electron chi connectivity index (χ4n) is 8.27. The largest absolute Gasteiger partial charge is 0.507 e. The highest BCUT2D eigenvalue weighted by molar-refractivity contribution is 6.33. The number of hydrogen-bond acceptors (Lipinski definition) is 11. The summed E-state index contributed by atoms with van der Waals surface area (Å²) >= 11 is 0. The molecule has 2 fully saturated rings. The van der Waals surface area contributed by atoms with Crippen molar-refractivity contribution in [2.75, 3.05) is 39.7 Å². The van der Waals surface area contributed by atoms with Crippen molar-refractivity contribution < 1.29 is 43.7 Å². The van der Waals surface area contributed by atoms with Crippen LogP contribution in [-0.2, 0) is 36.9 Å². The number of unbranched alkanes of at least 4 members (excludes halogenated alkanes) is 3. The molecule has 0 aliphatic heterocycles. The third-order valence-corrected chi connectivity index (χ3v) is 10.2. The molecule has 3 aliphatic carbocycles. The first kappa shape index (κ1) is 35.0. The van der Waals surface area contributed by atoms with Gasteiger partial charge in [-0.3, -0.25) is 28.9 Å². The third-order valence-electron chi connectivity index (χ3n) is 10.2. The van der Waals surface area contributed by atoms with E-state index >= 15 is 0 Å². The summed E-state index contributed by atoms with van der Waals surface area (Å²) in [5, 5.41) is 26.2. The molecule has 13 nitrogen and oxygen atoms in total. The summed E-state index contributed by atoms with van der Waals surface area (Å²) in [5.74, 6) is -9.44. The first-order chi connectivity index (χ1) is 21.4. The minimum Gasteiger partial charge on any atom is -0.507 e. The lowest BCUT2D eigenvalue weighted by Crippen LogP contribution is -2.79. The van der Waals surface area contributed by atoms with Gasteiger partial charge in [-0.1, -0.05) is 40.0 Å². The first-order valence-electron chi connectivity index (χ1n) is 15.7. The number of alkyl carbamates (subject to hydrolysis) is 1. The zero-order valence-electron chi connectivity index (χ0n) is 27.7. The fraction of sp³-hybridized carbons (Fsp3) is 0.636. The van der Waals surface area contributed by atoms with Gasteiger partial charge in [-0.2, -0.15) is 0 Å². The van der Waals surface area contributed by atoms with E-state index in [1.54, 1.807) is 46.1 Å². The Morgan fingerprint density at radius 3 is 2.28 bits per heavy atom. The van der Waals surface area contributed by atoms with Gasteiger partial charge in [0.1, 0.15) is 5.75 Å². The topological polar surface area (TPSA) is 197 Å². The van der Waals surface area contributed by atoms with E-state index in [2.05, 4.69) is 12.2 Å². The predicted octanol–water partition coefficient (Wildman–Crippen LogP) is 1.52. The number of ketones is 4. The number of aromatic hydroxyl groups is 1. The quantitative estimate of drug-likeness (QED) is 0.213. The van der Waals surface area contributed by atoms with E-state index in [1.807, 2.05) is 0 Å². The molecule has 0 spiro atoms. The molecule has 4 rings (SSSR count). The van der Waals surface area contributed by atoms with Crippen LogP contribution in [-0.4, -0.2) is 96.7 Å². The number of ether oxygens (including phenoxy) is 1. The van der Waals surface area contributed by atoms with Gasteiger partial charge in [-0.05, 0) is 50.4 Å². The van der Waals surface area contributed by atoms with Gasteiger partial charge in [0.2, 0.25) is 5.91 Å². The number of anilines is 1. The van der Waals surface area contributed by atoms with Crippen molar-refractivity contribution in [1.82, 2.24) is 10.2 Å². The number of primary amides is 1. The maximum absolute atomic E-state index is 14.5. The lowest BCUT2D eigenvalue weighted by molar-refractivity contribution is -0.203. The number of hydrogen-bond donors (Lipinski definition) is 4. The molecule has 5 N–H and O–H groups in total. The second-order valence-corrected chi connectivity index (χ2v) is 14.0. The summed E-state index contributed by atoms with van der Waals surface area (Å²) < 4.78 is 5.23. The summed E-state index contributed by atoms with van der Waals surface area (Å²) in [4.78, 5) is 84.1. The Bertz CT molecular complexity index is 1490. The molecule has 252 valence electrons. The summed E-state index contributed by atoms with van der Waals surface area (Å²) in [7, 11) is 6.60. The Hall–Kier alpha value is -3.84. The van der Waals surface area contributed by atoms with Crippen molar-refractivity contribution in [3.8, 4) is 5.75 Å². The van der Waals surface area contributed by atoms with E-state index in [1.165, 1.54) is 11.8 Å². The highest BCUT2D eigenvalue weighted by Gasteiger charge is 2.76. The summed E-state index contributed by atoms with van der Waals surface area (Å²) in [5.41, 5.74) is 0.747. The molecule has 0 radical (unpaired) electrons. The summed E-state index contributed by atoms with van der Waals surface area (Å²) in [6.07, 6.45) is 3.02.